The maximum Gasteiger partial charge on any atom is 0.0236 e. The summed E-state index contributed by atoms with van der Waals surface area (Å²) < 4.78 is 0. The molecule has 1 N–H and O–H groups in total. The number of nitrogens with zero attached hydrogens (tertiary/aromatic N) is 1. The fourth-order valence-electron chi connectivity index (χ4n) is 2.73. The van der Waals surface area contributed by atoms with Gasteiger partial charge >= 0.3 is 0 Å². The van der Waals surface area contributed by atoms with Gasteiger partial charge in [-0.05, 0) is 44.0 Å². The lowest BCUT2D eigenvalue weighted by Crippen LogP contribution is -2.43. The summed E-state index contributed by atoms with van der Waals surface area (Å²) in [5.41, 5.74) is 2.88. The third-order valence-corrected chi connectivity index (χ3v) is 3.99. The van der Waals surface area contributed by atoms with Gasteiger partial charge < -0.3 is 5.32 Å². The van der Waals surface area contributed by atoms with Crippen LogP contribution in [0, 0.1) is 6.92 Å². The highest BCUT2D eigenvalue weighted by Crippen LogP contribution is 2.13. The second-order valence-electron chi connectivity index (χ2n) is 5.40. The minimum absolute atomic E-state index is 0.697. The largest absolute Gasteiger partial charge is 0.313 e. The van der Waals surface area contributed by atoms with Crippen molar-refractivity contribution >= 4 is 0 Å². The Labute approximate surface area is 111 Å². The van der Waals surface area contributed by atoms with Crippen molar-refractivity contribution in [1.82, 2.24) is 10.2 Å². The van der Waals surface area contributed by atoms with Gasteiger partial charge in [-0.3, -0.25) is 4.90 Å². The molecule has 1 aromatic carbocycles. The minimum Gasteiger partial charge on any atom is -0.313 e. The average molecular weight is 246 g/mol. The summed E-state index contributed by atoms with van der Waals surface area (Å²) in [6.07, 6.45) is 4.07. The lowest BCUT2D eigenvalue weighted by Gasteiger charge is -2.30. The Balaban J connectivity index is 1.90. The molecule has 1 aliphatic heterocycles. The SMILES string of the molecule is CCN(Cc1ccccc1C)CC1CCCCN1. The fraction of sp³-hybridized carbons (Fsp3) is 0.625. The van der Waals surface area contributed by atoms with Crippen molar-refractivity contribution in [1.29, 1.82) is 0 Å². The standard InChI is InChI=1S/C16H26N2/c1-3-18(13-16-10-6-7-11-17-16)12-15-9-5-4-8-14(15)2/h4-5,8-9,16-17H,3,6-7,10-13H2,1-2H3. The summed E-state index contributed by atoms with van der Waals surface area (Å²) in [5.74, 6) is 0. The third-order valence-electron chi connectivity index (χ3n) is 3.99. The number of aryl methyl sites for hydroxylation is 1. The normalized spacial score (nSPS) is 20.3. The summed E-state index contributed by atoms with van der Waals surface area (Å²) in [6.45, 7) is 9.08. The molecule has 1 saturated heterocycles. The lowest BCUT2D eigenvalue weighted by atomic mass is 10.0. The van der Waals surface area contributed by atoms with Gasteiger partial charge in [0.05, 0.1) is 0 Å². The zero-order valence-corrected chi connectivity index (χ0v) is 11.8. The van der Waals surface area contributed by atoms with E-state index in [0.29, 0.717) is 6.04 Å². The fourth-order valence-corrected chi connectivity index (χ4v) is 2.73. The number of rotatable bonds is 5. The van der Waals surface area contributed by atoms with Crippen LogP contribution in [-0.2, 0) is 6.54 Å². The monoisotopic (exact) mass is 246 g/mol. The molecule has 18 heavy (non-hydrogen) atoms. The van der Waals surface area contributed by atoms with Crippen LogP contribution in [0.15, 0.2) is 24.3 Å². The van der Waals surface area contributed by atoms with E-state index >= 15 is 0 Å². The molecule has 0 spiro atoms. The van der Waals surface area contributed by atoms with Gasteiger partial charge in [0.15, 0.2) is 0 Å². The number of likely N-dealkylation sites (N-methyl/N-ethyl adjacent to an activating group) is 1. The molecule has 0 radical (unpaired) electrons. The van der Waals surface area contributed by atoms with Crippen LogP contribution >= 0.6 is 0 Å². The minimum atomic E-state index is 0.697. The molecule has 1 aliphatic rings. The molecule has 1 aromatic rings. The van der Waals surface area contributed by atoms with Crippen LogP contribution in [0.5, 0.6) is 0 Å². The summed E-state index contributed by atoms with van der Waals surface area (Å²) in [6, 6.07) is 9.43. The zero-order chi connectivity index (χ0) is 12.8. The van der Waals surface area contributed by atoms with Gasteiger partial charge in [0.1, 0.15) is 0 Å². The van der Waals surface area contributed by atoms with Crippen molar-refractivity contribution in [2.24, 2.45) is 0 Å². The van der Waals surface area contributed by atoms with Crippen molar-refractivity contribution in [3.05, 3.63) is 35.4 Å². The summed E-state index contributed by atoms with van der Waals surface area (Å²) in [5, 5.41) is 3.64. The molecule has 1 atom stereocenters. The van der Waals surface area contributed by atoms with Crippen LogP contribution in [0.1, 0.15) is 37.3 Å². The molecule has 1 unspecified atom stereocenters. The third kappa shape index (κ3) is 3.82. The van der Waals surface area contributed by atoms with Crippen molar-refractivity contribution in [3.8, 4) is 0 Å². The number of hydrogen-bond donors (Lipinski definition) is 1. The quantitative estimate of drug-likeness (QED) is 0.859. The summed E-state index contributed by atoms with van der Waals surface area (Å²) >= 11 is 0. The summed E-state index contributed by atoms with van der Waals surface area (Å²) in [4.78, 5) is 2.56. The predicted molar refractivity (Wildman–Crippen MR) is 77.8 cm³/mol. The molecule has 1 fully saturated rings. The highest BCUT2D eigenvalue weighted by atomic mass is 15.1. The van der Waals surface area contributed by atoms with E-state index in [1.165, 1.54) is 43.5 Å². The van der Waals surface area contributed by atoms with Crippen LogP contribution in [0.2, 0.25) is 0 Å². The second-order valence-corrected chi connectivity index (χ2v) is 5.40. The van der Waals surface area contributed by atoms with E-state index in [2.05, 4.69) is 48.3 Å². The Morgan fingerprint density at radius 2 is 2.11 bits per heavy atom. The average Bonchev–Trinajstić information content (AvgIpc) is 2.41. The van der Waals surface area contributed by atoms with Crippen LogP contribution < -0.4 is 5.32 Å². The molecule has 2 heteroatoms. The molecular weight excluding hydrogens is 220 g/mol. The van der Waals surface area contributed by atoms with Gasteiger partial charge in [-0.2, -0.15) is 0 Å². The topological polar surface area (TPSA) is 15.3 Å². The van der Waals surface area contributed by atoms with Gasteiger partial charge in [-0.15, -0.1) is 0 Å². The molecule has 100 valence electrons. The van der Waals surface area contributed by atoms with Crippen molar-refractivity contribution in [2.75, 3.05) is 19.6 Å². The smallest absolute Gasteiger partial charge is 0.0236 e. The number of hydrogen-bond acceptors (Lipinski definition) is 2. The van der Waals surface area contributed by atoms with Crippen LogP contribution in [0.25, 0.3) is 0 Å². The maximum absolute atomic E-state index is 3.64. The number of piperidine rings is 1. The maximum atomic E-state index is 3.64. The molecule has 0 aliphatic carbocycles. The molecule has 0 saturated carbocycles. The molecule has 2 rings (SSSR count). The van der Waals surface area contributed by atoms with E-state index in [0.717, 1.165) is 13.1 Å². The first-order valence-corrected chi connectivity index (χ1v) is 7.30. The van der Waals surface area contributed by atoms with Crippen molar-refractivity contribution < 1.29 is 0 Å². The number of benzene rings is 1. The summed E-state index contributed by atoms with van der Waals surface area (Å²) in [7, 11) is 0. The van der Waals surface area contributed by atoms with Crippen molar-refractivity contribution in [2.45, 2.75) is 45.7 Å². The van der Waals surface area contributed by atoms with Gasteiger partial charge in [0, 0.05) is 19.1 Å². The Morgan fingerprint density at radius 3 is 2.78 bits per heavy atom. The number of nitrogens with one attached hydrogen (secondary N) is 1. The predicted octanol–water partition coefficient (Wildman–Crippen LogP) is 2.96. The Bertz CT molecular complexity index is 356. The molecular formula is C16H26N2. The van der Waals surface area contributed by atoms with E-state index in [4.69, 9.17) is 0 Å². The Morgan fingerprint density at radius 1 is 1.28 bits per heavy atom. The lowest BCUT2D eigenvalue weighted by molar-refractivity contribution is 0.226. The van der Waals surface area contributed by atoms with Crippen molar-refractivity contribution in [3.63, 3.8) is 0 Å². The molecule has 1 heterocycles. The van der Waals surface area contributed by atoms with Crippen LogP contribution in [0.3, 0.4) is 0 Å². The van der Waals surface area contributed by atoms with E-state index < -0.39 is 0 Å². The van der Waals surface area contributed by atoms with Crippen LogP contribution in [0.4, 0.5) is 0 Å². The first kappa shape index (κ1) is 13.6. The van der Waals surface area contributed by atoms with Gasteiger partial charge in [0.2, 0.25) is 0 Å². The first-order valence-electron chi connectivity index (χ1n) is 7.30. The molecule has 0 amide bonds. The zero-order valence-electron chi connectivity index (χ0n) is 11.8. The first-order chi connectivity index (χ1) is 8.79. The van der Waals surface area contributed by atoms with Gasteiger partial charge in [-0.1, -0.05) is 37.6 Å². The van der Waals surface area contributed by atoms with E-state index in [9.17, 15) is 0 Å². The van der Waals surface area contributed by atoms with E-state index in [1.54, 1.807) is 0 Å². The molecule has 0 aromatic heterocycles. The van der Waals surface area contributed by atoms with E-state index in [-0.39, 0.29) is 0 Å². The van der Waals surface area contributed by atoms with Crippen LogP contribution in [-0.4, -0.2) is 30.6 Å². The second kappa shape index (κ2) is 6.91. The van der Waals surface area contributed by atoms with Gasteiger partial charge in [-0.25, -0.2) is 0 Å². The molecule has 0 bridgehead atoms. The molecule has 2 nitrogen and oxygen atoms in total. The highest BCUT2D eigenvalue weighted by Gasteiger charge is 2.16. The van der Waals surface area contributed by atoms with E-state index in [1.807, 2.05) is 0 Å². The highest BCUT2D eigenvalue weighted by molar-refractivity contribution is 5.25. The Kier molecular flexibility index (Phi) is 5.21. The van der Waals surface area contributed by atoms with Gasteiger partial charge in [0.25, 0.3) is 0 Å². The Hall–Kier alpha value is -0.860.